The molecule has 0 spiro atoms. The second-order valence-electron chi connectivity index (χ2n) is 5.96. The minimum Gasteiger partial charge on any atom is -0.391 e. The first kappa shape index (κ1) is 13.8. The van der Waals surface area contributed by atoms with Crippen molar-refractivity contribution < 1.29 is 5.11 Å². The van der Waals surface area contributed by atoms with Crippen molar-refractivity contribution in [3.05, 3.63) is 10.6 Å². The van der Waals surface area contributed by atoms with Gasteiger partial charge in [0, 0.05) is 13.1 Å². The molecule has 0 radical (unpaired) electrons. The predicted octanol–water partition coefficient (Wildman–Crippen LogP) is 3.21. The third kappa shape index (κ3) is 3.04. The molecule has 0 aliphatic carbocycles. The van der Waals surface area contributed by atoms with Gasteiger partial charge in [-0.1, -0.05) is 38.5 Å². The summed E-state index contributed by atoms with van der Waals surface area (Å²) in [5, 5.41) is 10.5. The molecule has 2 heterocycles. The van der Waals surface area contributed by atoms with Crippen LogP contribution in [0.1, 0.15) is 50.6 Å². The molecule has 18 heavy (non-hydrogen) atoms. The molecule has 0 bridgehead atoms. The van der Waals surface area contributed by atoms with Crippen molar-refractivity contribution in [2.75, 3.05) is 18.0 Å². The Balaban J connectivity index is 2.17. The molecule has 102 valence electrons. The lowest BCUT2D eigenvalue weighted by Gasteiger charge is -2.37. The summed E-state index contributed by atoms with van der Waals surface area (Å²) in [7, 11) is 0. The lowest BCUT2D eigenvalue weighted by molar-refractivity contribution is 0.284. The number of anilines is 1. The van der Waals surface area contributed by atoms with Crippen LogP contribution in [-0.4, -0.2) is 23.2 Å². The number of hydrogen-bond donors (Lipinski definition) is 1. The largest absolute Gasteiger partial charge is 0.391 e. The summed E-state index contributed by atoms with van der Waals surface area (Å²) in [5.41, 5.74) is 1.48. The van der Waals surface area contributed by atoms with Crippen molar-refractivity contribution in [1.29, 1.82) is 0 Å². The highest BCUT2D eigenvalue weighted by Crippen LogP contribution is 2.34. The van der Waals surface area contributed by atoms with Crippen LogP contribution in [0.2, 0.25) is 0 Å². The van der Waals surface area contributed by atoms with Gasteiger partial charge in [-0.15, -0.1) is 0 Å². The number of thiazole rings is 1. The van der Waals surface area contributed by atoms with Gasteiger partial charge in [-0.25, -0.2) is 4.98 Å². The van der Waals surface area contributed by atoms with E-state index in [0.29, 0.717) is 5.41 Å². The highest BCUT2D eigenvalue weighted by molar-refractivity contribution is 7.15. The Morgan fingerprint density at radius 3 is 2.83 bits per heavy atom. The molecular formula is C14H24N2OS. The van der Waals surface area contributed by atoms with Crippen LogP contribution in [0.4, 0.5) is 5.13 Å². The van der Waals surface area contributed by atoms with Gasteiger partial charge in [0.1, 0.15) is 0 Å². The van der Waals surface area contributed by atoms with Gasteiger partial charge in [-0.3, -0.25) is 0 Å². The first-order valence-corrected chi connectivity index (χ1v) is 7.72. The maximum atomic E-state index is 9.41. The molecule has 1 N–H and O–H groups in total. The zero-order valence-electron chi connectivity index (χ0n) is 11.7. The van der Waals surface area contributed by atoms with Gasteiger partial charge >= 0.3 is 0 Å². The Morgan fingerprint density at radius 2 is 2.22 bits per heavy atom. The lowest BCUT2D eigenvalue weighted by atomic mass is 9.84. The van der Waals surface area contributed by atoms with Gasteiger partial charge in [-0.05, 0) is 24.7 Å². The zero-order chi connectivity index (χ0) is 13.2. The Bertz CT molecular complexity index is 400. The fourth-order valence-electron chi connectivity index (χ4n) is 2.65. The second-order valence-corrected chi connectivity index (χ2v) is 7.03. The summed E-state index contributed by atoms with van der Waals surface area (Å²) < 4.78 is 0. The smallest absolute Gasteiger partial charge is 0.185 e. The van der Waals surface area contributed by atoms with E-state index < -0.39 is 0 Å². The predicted molar refractivity (Wildman–Crippen MR) is 77.3 cm³/mol. The number of aromatic nitrogens is 1. The van der Waals surface area contributed by atoms with E-state index in [1.807, 2.05) is 0 Å². The van der Waals surface area contributed by atoms with Crippen LogP contribution < -0.4 is 4.90 Å². The zero-order valence-corrected chi connectivity index (χ0v) is 12.5. The van der Waals surface area contributed by atoms with Crippen molar-refractivity contribution in [2.45, 2.75) is 53.1 Å². The van der Waals surface area contributed by atoms with Crippen molar-refractivity contribution in [2.24, 2.45) is 5.41 Å². The van der Waals surface area contributed by atoms with Gasteiger partial charge in [-0.2, -0.15) is 0 Å². The lowest BCUT2D eigenvalue weighted by Crippen LogP contribution is -2.40. The summed E-state index contributed by atoms with van der Waals surface area (Å²) in [6.45, 7) is 9.12. The third-order valence-electron chi connectivity index (χ3n) is 3.57. The van der Waals surface area contributed by atoms with E-state index in [1.54, 1.807) is 11.3 Å². The minimum absolute atomic E-state index is 0.129. The molecule has 0 unspecified atom stereocenters. The molecule has 1 aliphatic rings. The molecule has 0 aromatic carbocycles. The average Bonchev–Trinajstić information content (AvgIpc) is 2.71. The van der Waals surface area contributed by atoms with Crippen LogP contribution in [0.25, 0.3) is 0 Å². The van der Waals surface area contributed by atoms with Gasteiger partial charge in [0.05, 0.1) is 17.2 Å². The minimum atomic E-state index is 0.129. The summed E-state index contributed by atoms with van der Waals surface area (Å²) in [5.74, 6) is 0. The van der Waals surface area contributed by atoms with E-state index in [9.17, 15) is 5.11 Å². The van der Waals surface area contributed by atoms with Crippen LogP contribution in [0.15, 0.2) is 0 Å². The molecule has 0 atom stereocenters. The van der Waals surface area contributed by atoms with Gasteiger partial charge in [0.2, 0.25) is 0 Å². The highest BCUT2D eigenvalue weighted by Gasteiger charge is 2.28. The van der Waals surface area contributed by atoms with E-state index in [4.69, 9.17) is 4.98 Å². The van der Waals surface area contributed by atoms with E-state index >= 15 is 0 Å². The van der Waals surface area contributed by atoms with E-state index in [-0.39, 0.29) is 6.61 Å². The standard InChI is InChI=1S/C14H24N2OS/c1-4-6-11-12(9-17)18-13(15-11)16-8-5-7-14(2,3)10-16/h17H,4-10H2,1-3H3. The van der Waals surface area contributed by atoms with E-state index in [0.717, 1.165) is 41.6 Å². The Labute approximate surface area is 114 Å². The van der Waals surface area contributed by atoms with E-state index in [1.165, 1.54) is 12.8 Å². The summed E-state index contributed by atoms with van der Waals surface area (Å²) in [6, 6.07) is 0. The molecule has 1 aliphatic heterocycles. The van der Waals surface area contributed by atoms with Crippen LogP contribution >= 0.6 is 11.3 Å². The maximum Gasteiger partial charge on any atom is 0.185 e. The summed E-state index contributed by atoms with van der Waals surface area (Å²) >= 11 is 1.67. The number of aliphatic hydroxyl groups is 1. The molecule has 4 heteroatoms. The average molecular weight is 268 g/mol. The number of aryl methyl sites for hydroxylation is 1. The van der Waals surface area contributed by atoms with E-state index in [2.05, 4.69) is 25.7 Å². The number of hydrogen-bond acceptors (Lipinski definition) is 4. The second kappa shape index (κ2) is 5.57. The first-order valence-electron chi connectivity index (χ1n) is 6.90. The fraction of sp³-hybridized carbons (Fsp3) is 0.786. The van der Waals surface area contributed by atoms with Crippen LogP contribution in [-0.2, 0) is 13.0 Å². The van der Waals surface area contributed by atoms with Crippen molar-refractivity contribution in [3.63, 3.8) is 0 Å². The van der Waals surface area contributed by atoms with Crippen LogP contribution in [0.5, 0.6) is 0 Å². The van der Waals surface area contributed by atoms with Crippen LogP contribution in [0.3, 0.4) is 0 Å². The molecular weight excluding hydrogens is 244 g/mol. The molecule has 0 saturated carbocycles. The van der Waals surface area contributed by atoms with Crippen molar-refractivity contribution >= 4 is 16.5 Å². The Hall–Kier alpha value is -0.610. The van der Waals surface area contributed by atoms with Gasteiger partial charge in [0.25, 0.3) is 0 Å². The quantitative estimate of drug-likeness (QED) is 0.911. The van der Waals surface area contributed by atoms with Crippen molar-refractivity contribution in [1.82, 2.24) is 4.98 Å². The third-order valence-corrected chi connectivity index (χ3v) is 4.71. The van der Waals surface area contributed by atoms with Gasteiger partial charge in [0.15, 0.2) is 5.13 Å². The fourth-order valence-corrected chi connectivity index (χ4v) is 3.64. The Kier molecular flexibility index (Phi) is 4.28. The molecule has 1 saturated heterocycles. The Morgan fingerprint density at radius 1 is 1.44 bits per heavy atom. The highest BCUT2D eigenvalue weighted by atomic mass is 32.1. The first-order chi connectivity index (χ1) is 8.55. The number of rotatable bonds is 4. The monoisotopic (exact) mass is 268 g/mol. The molecule has 1 aromatic rings. The molecule has 2 rings (SSSR count). The number of piperidine rings is 1. The molecule has 0 amide bonds. The van der Waals surface area contributed by atoms with Crippen LogP contribution in [0, 0.1) is 5.41 Å². The normalized spacial score (nSPS) is 19.2. The number of nitrogens with zero attached hydrogens (tertiary/aromatic N) is 2. The number of aliphatic hydroxyl groups excluding tert-OH is 1. The summed E-state index contributed by atoms with van der Waals surface area (Å²) in [4.78, 5) is 8.19. The SMILES string of the molecule is CCCc1nc(N2CCCC(C)(C)C2)sc1CO. The van der Waals surface area contributed by atoms with Crippen molar-refractivity contribution in [3.8, 4) is 0 Å². The summed E-state index contributed by atoms with van der Waals surface area (Å²) in [6.07, 6.45) is 4.60. The maximum absolute atomic E-state index is 9.41. The molecule has 1 fully saturated rings. The molecule has 3 nitrogen and oxygen atoms in total. The molecule has 1 aromatic heterocycles. The van der Waals surface area contributed by atoms with Gasteiger partial charge < -0.3 is 10.0 Å². The topological polar surface area (TPSA) is 36.4 Å².